The van der Waals surface area contributed by atoms with Crippen molar-refractivity contribution in [3.05, 3.63) is 35.6 Å². The van der Waals surface area contributed by atoms with Crippen molar-refractivity contribution in [1.82, 2.24) is 5.32 Å². The monoisotopic (exact) mass is 263 g/mol. The normalized spacial score (nSPS) is 28.5. The average Bonchev–Trinajstić information content (AvgIpc) is 2.77. The molecule has 1 nitrogen and oxygen atoms in total. The van der Waals surface area contributed by atoms with Gasteiger partial charge in [0, 0.05) is 17.6 Å². The van der Waals surface area contributed by atoms with Crippen LogP contribution in [0.1, 0.15) is 58.1 Å². The Hall–Kier alpha value is -0.890. The zero-order valence-electron chi connectivity index (χ0n) is 12.3. The highest BCUT2D eigenvalue weighted by Gasteiger charge is 2.32. The second kappa shape index (κ2) is 6.51. The lowest BCUT2D eigenvalue weighted by atomic mass is 9.92. The van der Waals surface area contributed by atoms with E-state index in [0.29, 0.717) is 12.0 Å². The van der Waals surface area contributed by atoms with Crippen LogP contribution in [0.4, 0.5) is 4.39 Å². The number of benzene rings is 1. The quantitative estimate of drug-likeness (QED) is 0.812. The Labute approximate surface area is 116 Å². The highest BCUT2D eigenvalue weighted by atomic mass is 19.1. The molecule has 0 radical (unpaired) electrons. The van der Waals surface area contributed by atoms with Gasteiger partial charge in [-0.3, -0.25) is 0 Å². The summed E-state index contributed by atoms with van der Waals surface area (Å²) in [6.07, 6.45) is 4.73. The third-order valence-corrected chi connectivity index (χ3v) is 4.86. The van der Waals surface area contributed by atoms with E-state index in [1.807, 2.05) is 12.1 Å². The lowest BCUT2D eigenvalue weighted by Gasteiger charge is -2.27. The molecule has 0 aliphatic heterocycles. The van der Waals surface area contributed by atoms with E-state index in [1.165, 1.54) is 19.3 Å². The van der Waals surface area contributed by atoms with E-state index in [9.17, 15) is 4.39 Å². The van der Waals surface area contributed by atoms with Crippen LogP contribution in [0.5, 0.6) is 0 Å². The Morgan fingerprint density at radius 3 is 2.58 bits per heavy atom. The summed E-state index contributed by atoms with van der Waals surface area (Å²) in [7, 11) is 0. The van der Waals surface area contributed by atoms with Crippen molar-refractivity contribution in [2.24, 2.45) is 11.8 Å². The lowest BCUT2D eigenvalue weighted by molar-refractivity contribution is 0.315. The van der Waals surface area contributed by atoms with Crippen LogP contribution >= 0.6 is 0 Å². The minimum Gasteiger partial charge on any atom is -0.307 e. The van der Waals surface area contributed by atoms with Crippen molar-refractivity contribution in [3.63, 3.8) is 0 Å². The molecule has 1 N–H and O–H groups in total. The van der Waals surface area contributed by atoms with Gasteiger partial charge in [-0.1, -0.05) is 45.4 Å². The molecule has 1 fully saturated rings. The molecule has 1 saturated carbocycles. The lowest BCUT2D eigenvalue weighted by Crippen LogP contribution is -2.36. The second-order valence-electron chi connectivity index (χ2n) is 5.86. The molecule has 1 aliphatic carbocycles. The van der Waals surface area contributed by atoms with E-state index in [4.69, 9.17) is 0 Å². The van der Waals surface area contributed by atoms with Gasteiger partial charge in [0.1, 0.15) is 5.82 Å². The summed E-state index contributed by atoms with van der Waals surface area (Å²) < 4.78 is 13.9. The molecule has 0 amide bonds. The van der Waals surface area contributed by atoms with Crippen molar-refractivity contribution >= 4 is 0 Å². The summed E-state index contributed by atoms with van der Waals surface area (Å²) in [5, 5.41) is 3.70. The minimum absolute atomic E-state index is 0.0838. The largest absolute Gasteiger partial charge is 0.307 e. The summed E-state index contributed by atoms with van der Waals surface area (Å²) in [4.78, 5) is 0. The molecule has 1 aromatic carbocycles. The van der Waals surface area contributed by atoms with E-state index in [2.05, 4.69) is 26.1 Å². The Balaban J connectivity index is 2.06. The molecule has 0 saturated heterocycles. The van der Waals surface area contributed by atoms with Crippen molar-refractivity contribution < 1.29 is 4.39 Å². The third kappa shape index (κ3) is 3.17. The first-order valence-corrected chi connectivity index (χ1v) is 7.67. The van der Waals surface area contributed by atoms with Gasteiger partial charge in [0.25, 0.3) is 0 Å². The van der Waals surface area contributed by atoms with Gasteiger partial charge in [0.15, 0.2) is 0 Å². The molecule has 0 bridgehead atoms. The molecule has 106 valence electrons. The predicted octanol–water partition coefficient (Wildman–Crippen LogP) is 4.69. The van der Waals surface area contributed by atoms with Crippen LogP contribution in [0.25, 0.3) is 0 Å². The van der Waals surface area contributed by atoms with Gasteiger partial charge in [0.2, 0.25) is 0 Å². The minimum atomic E-state index is -0.0838. The first kappa shape index (κ1) is 14.5. The first-order valence-electron chi connectivity index (χ1n) is 7.67. The van der Waals surface area contributed by atoms with Crippen molar-refractivity contribution in [3.8, 4) is 0 Å². The van der Waals surface area contributed by atoms with Crippen LogP contribution in [-0.2, 0) is 0 Å². The number of rotatable bonds is 5. The van der Waals surface area contributed by atoms with E-state index in [0.717, 1.165) is 17.9 Å². The summed E-state index contributed by atoms with van der Waals surface area (Å²) in [6.45, 7) is 6.74. The van der Waals surface area contributed by atoms with Gasteiger partial charge in [-0.2, -0.15) is 0 Å². The molecule has 0 spiro atoms. The maximum Gasteiger partial charge on any atom is 0.127 e. The molecule has 4 unspecified atom stereocenters. The van der Waals surface area contributed by atoms with Crippen molar-refractivity contribution in [1.29, 1.82) is 0 Å². The average molecular weight is 263 g/mol. The molecule has 2 rings (SSSR count). The van der Waals surface area contributed by atoms with Gasteiger partial charge >= 0.3 is 0 Å². The molecular formula is C17H26FN. The van der Waals surface area contributed by atoms with Gasteiger partial charge in [-0.15, -0.1) is 0 Å². The second-order valence-corrected chi connectivity index (χ2v) is 5.86. The first-order chi connectivity index (χ1) is 9.17. The van der Waals surface area contributed by atoms with Crippen LogP contribution in [0.3, 0.4) is 0 Å². The molecule has 4 atom stereocenters. The van der Waals surface area contributed by atoms with E-state index >= 15 is 0 Å². The fourth-order valence-electron chi connectivity index (χ4n) is 3.50. The van der Waals surface area contributed by atoms with E-state index in [-0.39, 0.29) is 11.9 Å². The topological polar surface area (TPSA) is 12.0 Å². The number of halogens is 1. The molecule has 1 aromatic rings. The Kier molecular flexibility index (Phi) is 4.98. The molecule has 0 heterocycles. The zero-order chi connectivity index (χ0) is 13.8. The van der Waals surface area contributed by atoms with E-state index < -0.39 is 0 Å². The van der Waals surface area contributed by atoms with Gasteiger partial charge in [-0.05, 0) is 37.2 Å². The smallest absolute Gasteiger partial charge is 0.127 e. The standard InChI is InChI=1S/C17H26FN/c1-4-13-10-11-17(12(13)3)19-16(5-2)14-8-6-7-9-15(14)18/h6-9,12-13,16-17,19H,4-5,10-11H2,1-3H3. The molecule has 0 aromatic heterocycles. The fourth-order valence-corrected chi connectivity index (χ4v) is 3.50. The Morgan fingerprint density at radius 2 is 2.00 bits per heavy atom. The van der Waals surface area contributed by atoms with Crippen LogP contribution in [0.2, 0.25) is 0 Å². The SMILES string of the molecule is CCC(NC1CCC(CC)C1C)c1ccccc1F. The Morgan fingerprint density at radius 1 is 1.26 bits per heavy atom. The van der Waals surface area contributed by atoms with Gasteiger partial charge < -0.3 is 5.32 Å². The summed E-state index contributed by atoms with van der Waals surface area (Å²) in [6, 6.07) is 7.84. The van der Waals surface area contributed by atoms with Crippen molar-refractivity contribution in [2.45, 2.75) is 58.5 Å². The highest BCUT2D eigenvalue weighted by Crippen LogP contribution is 2.35. The molecule has 19 heavy (non-hydrogen) atoms. The van der Waals surface area contributed by atoms with Crippen LogP contribution in [-0.4, -0.2) is 6.04 Å². The summed E-state index contributed by atoms with van der Waals surface area (Å²) in [5.41, 5.74) is 0.817. The van der Waals surface area contributed by atoms with Gasteiger partial charge in [0.05, 0.1) is 0 Å². The number of nitrogens with one attached hydrogen (secondary N) is 1. The van der Waals surface area contributed by atoms with Gasteiger partial charge in [-0.25, -0.2) is 4.39 Å². The third-order valence-electron chi connectivity index (χ3n) is 4.86. The molecular weight excluding hydrogens is 237 g/mol. The van der Waals surface area contributed by atoms with Crippen LogP contribution < -0.4 is 5.32 Å². The van der Waals surface area contributed by atoms with Crippen LogP contribution in [0.15, 0.2) is 24.3 Å². The predicted molar refractivity (Wildman–Crippen MR) is 78.5 cm³/mol. The molecule has 2 heteroatoms. The molecule has 1 aliphatic rings. The zero-order valence-corrected chi connectivity index (χ0v) is 12.3. The maximum absolute atomic E-state index is 13.9. The van der Waals surface area contributed by atoms with E-state index in [1.54, 1.807) is 12.1 Å². The Bertz CT molecular complexity index is 404. The fraction of sp³-hybridized carbons (Fsp3) is 0.647. The number of hydrogen-bond donors (Lipinski definition) is 1. The summed E-state index contributed by atoms with van der Waals surface area (Å²) in [5.74, 6) is 1.45. The summed E-state index contributed by atoms with van der Waals surface area (Å²) >= 11 is 0. The van der Waals surface area contributed by atoms with Crippen LogP contribution in [0, 0.1) is 17.7 Å². The van der Waals surface area contributed by atoms with Crippen molar-refractivity contribution in [2.75, 3.05) is 0 Å². The number of hydrogen-bond acceptors (Lipinski definition) is 1. The highest BCUT2D eigenvalue weighted by molar-refractivity contribution is 5.21. The maximum atomic E-state index is 13.9.